The van der Waals surface area contributed by atoms with Gasteiger partial charge in [0.15, 0.2) is 0 Å². The van der Waals surface area contributed by atoms with Gasteiger partial charge in [-0.25, -0.2) is 9.97 Å². The standard InChI is InChI=1S/C23H24N4S2/c1-2-10-27-11-3-4-16(20(27)5-1)22-13-17-18(8-9-24-23(17)29-22)26-15-6-7-21-19(12-15)25-14-28-21/h6-9,12-14,16,20H,1-5,10-11H2,(H,24,26)/t16?,20-/m1/s1. The number of anilines is 2. The topological polar surface area (TPSA) is 41.1 Å². The van der Waals surface area contributed by atoms with Gasteiger partial charge in [-0.15, -0.1) is 22.7 Å². The summed E-state index contributed by atoms with van der Waals surface area (Å²) in [5.74, 6) is 0.669. The Balaban J connectivity index is 1.34. The molecule has 3 aromatic heterocycles. The first kappa shape index (κ1) is 17.8. The van der Waals surface area contributed by atoms with Crippen LogP contribution in [0.4, 0.5) is 11.4 Å². The Hall–Kier alpha value is -2.02. The number of hydrogen-bond donors (Lipinski definition) is 1. The van der Waals surface area contributed by atoms with E-state index in [2.05, 4.69) is 45.5 Å². The van der Waals surface area contributed by atoms with Gasteiger partial charge in [0.2, 0.25) is 0 Å². The average molecular weight is 421 g/mol. The minimum Gasteiger partial charge on any atom is -0.355 e. The van der Waals surface area contributed by atoms with E-state index in [1.807, 2.05) is 23.0 Å². The summed E-state index contributed by atoms with van der Waals surface area (Å²) in [6.07, 6.45) is 8.67. The highest BCUT2D eigenvalue weighted by atomic mass is 32.1. The second-order valence-corrected chi connectivity index (χ2v) is 10.2. The Labute approximate surface area is 178 Å². The van der Waals surface area contributed by atoms with Gasteiger partial charge >= 0.3 is 0 Å². The third-order valence-corrected chi connectivity index (χ3v) is 8.50. The molecule has 5 heterocycles. The fourth-order valence-electron chi connectivity index (χ4n) is 5.13. The first-order valence-corrected chi connectivity index (χ1v) is 12.3. The molecule has 1 unspecified atom stereocenters. The van der Waals surface area contributed by atoms with E-state index in [1.54, 1.807) is 11.3 Å². The van der Waals surface area contributed by atoms with E-state index in [-0.39, 0.29) is 0 Å². The molecule has 2 aliphatic rings. The van der Waals surface area contributed by atoms with Crippen LogP contribution in [0.1, 0.15) is 42.9 Å². The van der Waals surface area contributed by atoms with Gasteiger partial charge in [0.1, 0.15) is 4.83 Å². The van der Waals surface area contributed by atoms with Gasteiger partial charge in [0.05, 0.1) is 21.4 Å². The van der Waals surface area contributed by atoms with Gasteiger partial charge in [-0.1, -0.05) is 6.42 Å². The molecule has 0 amide bonds. The molecule has 0 aliphatic carbocycles. The van der Waals surface area contributed by atoms with Crippen molar-refractivity contribution in [2.45, 2.75) is 44.1 Å². The maximum absolute atomic E-state index is 4.70. The molecule has 2 saturated heterocycles. The van der Waals surface area contributed by atoms with E-state index < -0.39 is 0 Å². The summed E-state index contributed by atoms with van der Waals surface area (Å²) < 4.78 is 1.22. The Bertz CT molecular complexity index is 1160. The van der Waals surface area contributed by atoms with Crippen molar-refractivity contribution in [1.82, 2.24) is 14.9 Å². The van der Waals surface area contributed by atoms with Crippen LogP contribution in [0.25, 0.3) is 20.4 Å². The summed E-state index contributed by atoms with van der Waals surface area (Å²) in [7, 11) is 0. The third-order valence-electron chi connectivity index (χ3n) is 6.52. The van der Waals surface area contributed by atoms with Crippen molar-refractivity contribution >= 4 is 54.5 Å². The predicted octanol–water partition coefficient (Wildman–Crippen LogP) is 6.38. The van der Waals surface area contributed by atoms with Crippen LogP contribution < -0.4 is 5.32 Å². The summed E-state index contributed by atoms with van der Waals surface area (Å²) in [5.41, 5.74) is 5.18. The van der Waals surface area contributed by atoms with Crippen molar-refractivity contribution in [3.63, 3.8) is 0 Å². The fourth-order valence-corrected chi connectivity index (χ4v) is 7.01. The minimum atomic E-state index is 0.669. The van der Waals surface area contributed by atoms with Crippen LogP contribution in [-0.2, 0) is 0 Å². The van der Waals surface area contributed by atoms with E-state index in [9.17, 15) is 0 Å². The molecule has 0 saturated carbocycles. The summed E-state index contributed by atoms with van der Waals surface area (Å²) >= 11 is 3.58. The molecule has 6 heteroatoms. The van der Waals surface area contributed by atoms with Crippen LogP contribution in [0, 0.1) is 0 Å². The van der Waals surface area contributed by atoms with E-state index in [1.165, 1.54) is 60.2 Å². The Morgan fingerprint density at radius 1 is 1.00 bits per heavy atom. The van der Waals surface area contributed by atoms with Crippen molar-refractivity contribution in [1.29, 1.82) is 0 Å². The molecule has 2 aliphatic heterocycles. The lowest BCUT2D eigenvalue weighted by Crippen LogP contribution is -2.46. The highest BCUT2D eigenvalue weighted by Crippen LogP contribution is 2.43. The summed E-state index contributed by atoms with van der Waals surface area (Å²) in [6.45, 7) is 2.58. The maximum Gasteiger partial charge on any atom is 0.125 e. The van der Waals surface area contributed by atoms with Crippen LogP contribution in [0.15, 0.2) is 42.0 Å². The molecule has 6 rings (SSSR count). The first-order valence-electron chi connectivity index (χ1n) is 10.6. The number of pyridine rings is 1. The van der Waals surface area contributed by atoms with E-state index in [4.69, 9.17) is 4.98 Å². The van der Waals surface area contributed by atoms with Crippen LogP contribution in [-0.4, -0.2) is 34.0 Å². The average Bonchev–Trinajstić information content (AvgIpc) is 3.40. The Morgan fingerprint density at radius 3 is 2.97 bits per heavy atom. The molecule has 2 atom stereocenters. The molecule has 0 radical (unpaired) electrons. The molecule has 2 fully saturated rings. The summed E-state index contributed by atoms with van der Waals surface area (Å²) in [6, 6.07) is 11.7. The molecule has 4 aromatic rings. The quantitative estimate of drug-likeness (QED) is 0.417. The van der Waals surface area contributed by atoms with Gasteiger partial charge in [-0.05, 0) is 69.1 Å². The fraction of sp³-hybridized carbons (Fsp3) is 0.391. The Morgan fingerprint density at radius 2 is 1.97 bits per heavy atom. The smallest absolute Gasteiger partial charge is 0.125 e. The zero-order valence-electron chi connectivity index (χ0n) is 16.3. The lowest BCUT2D eigenvalue weighted by atomic mass is 9.82. The first-order chi connectivity index (χ1) is 14.3. The zero-order chi connectivity index (χ0) is 19.2. The molecular formula is C23H24N4S2. The van der Waals surface area contributed by atoms with Crippen molar-refractivity contribution in [2.75, 3.05) is 18.4 Å². The van der Waals surface area contributed by atoms with Crippen molar-refractivity contribution in [3.05, 3.63) is 46.9 Å². The molecule has 0 spiro atoms. The highest BCUT2D eigenvalue weighted by Gasteiger charge is 2.34. The van der Waals surface area contributed by atoms with Gasteiger partial charge in [-0.3, -0.25) is 4.90 Å². The predicted molar refractivity (Wildman–Crippen MR) is 124 cm³/mol. The van der Waals surface area contributed by atoms with Crippen LogP contribution in [0.5, 0.6) is 0 Å². The number of rotatable bonds is 3. The van der Waals surface area contributed by atoms with Crippen LogP contribution >= 0.6 is 22.7 Å². The van der Waals surface area contributed by atoms with E-state index >= 15 is 0 Å². The van der Waals surface area contributed by atoms with Crippen LogP contribution in [0.3, 0.4) is 0 Å². The third kappa shape index (κ3) is 3.23. The second kappa shape index (κ2) is 7.35. The Kier molecular flexibility index (Phi) is 4.51. The molecule has 29 heavy (non-hydrogen) atoms. The number of nitrogens with zero attached hydrogens (tertiary/aromatic N) is 3. The summed E-state index contributed by atoms with van der Waals surface area (Å²) in [5, 5.41) is 4.87. The van der Waals surface area contributed by atoms with Crippen molar-refractivity contribution < 1.29 is 0 Å². The van der Waals surface area contributed by atoms with Gasteiger partial charge < -0.3 is 5.32 Å². The lowest BCUT2D eigenvalue weighted by Gasteiger charge is -2.44. The number of thiazole rings is 1. The molecule has 4 nitrogen and oxygen atoms in total. The van der Waals surface area contributed by atoms with Gasteiger partial charge in [0.25, 0.3) is 0 Å². The number of hydrogen-bond acceptors (Lipinski definition) is 6. The maximum atomic E-state index is 4.70. The largest absolute Gasteiger partial charge is 0.355 e. The minimum absolute atomic E-state index is 0.669. The molecule has 1 aromatic carbocycles. The monoisotopic (exact) mass is 420 g/mol. The normalized spacial score (nSPS) is 22.8. The number of piperidine rings is 2. The number of nitrogens with one attached hydrogen (secondary N) is 1. The lowest BCUT2D eigenvalue weighted by molar-refractivity contribution is 0.0905. The molecular weight excluding hydrogens is 396 g/mol. The van der Waals surface area contributed by atoms with Gasteiger partial charge in [0, 0.05) is 34.1 Å². The zero-order valence-corrected chi connectivity index (χ0v) is 17.9. The number of aromatic nitrogens is 2. The van der Waals surface area contributed by atoms with E-state index in [0.717, 1.165) is 27.8 Å². The van der Waals surface area contributed by atoms with Crippen molar-refractivity contribution in [3.8, 4) is 0 Å². The van der Waals surface area contributed by atoms with Gasteiger partial charge in [-0.2, -0.15) is 0 Å². The molecule has 148 valence electrons. The SMILES string of the molecule is c1cc(Nc2ccc3scnc3c2)c2cc(C3CCCN4CCCC[C@H]34)sc2n1. The van der Waals surface area contributed by atoms with Crippen molar-refractivity contribution in [2.24, 2.45) is 0 Å². The number of benzene rings is 1. The number of fused-ring (bicyclic) bond motifs is 3. The van der Waals surface area contributed by atoms with E-state index in [0.29, 0.717) is 5.92 Å². The number of thiophene rings is 1. The second-order valence-electron chi connectivity index (χ2n) is 8.23. The molecule has 0 bridgehead atoms. The summed E-state index contributed by atoms with van der Waals surface area (Å²) in [4.78, 5) is 14.6. The van der Waals surface area contributed by atoms with Crippen LogP contribution in [0.2, 0.25) is 0 Å². The molecule has 1 N–H and O–H groups in total. The highest BCUT2D eigenvalue weighted by molar-refractivity contribution is 7.18.